The molecule has 0 aliphatic carbocycles. The SMILES string of the molecule is COc1ccc(NCC=O)c(Cl)c1Cl. The van der Waals surface area contributed by atoms with Crippen LogP contribution in [0.15, 0.2) is 12.1 Å². The summed E-state index contributed by atoms with van der Waals surface area (Å²) in [5.41, 5.74) is 0.615. The summed E-state index contributed by atoms with van der Waals surface area (Å²) >= 11 is 11.8. The molecule has 0 bridgehead atoms. The summed E-state index contributed by atoms with van der Waals surface area (Å²) in [5, 5.41) is 3.51. The summed E-state index contributed by atoms with van der Waals surface area (Å²) in [6.45, 7) is 0.197. The zero-order chi connectivity index (χ0) is 10.6. The van der Waals surface area contributed by atoms with Gasteiger partial charge in [-0.3, -0.25) is 0 Å². The van der Waals surface area contributed by atoms with E-state index < -0.39 is 0 Å². The monoisotopic (exact) mass is 233 g/mol. The van der Waals surface area contributed by atoms with Crippen molar-refractivity contribution < 1.29 is 9.53 Å². The average Bonchev–Trinajstić information content (AvgIpc) is 2.20. The van der Waals surface area contributed by atoms with Crippen LogP contribution in [0.4, 0.5) is 5.69 Å². The van der Waals surface area contributed by atoms with Gasteiger partial charge in [-0.2, -0.15) is 0 Å². The van der Waals surface area contributed by atoms with E-state index in [9.17, 15) is 4.79 Å². The average molecular weight is 234 g/mol. The molecule has 0 amide bonds. The maximum absolute atomic E-state index is 10.1. The van der Waals surface area contributed by atoms with Gasteiger partial charge >= 0.3 is 0 Å². The molecule has 3 nitrogen and oxygen atoms in total. The van der Waals surface area contributed by atoms with Crippen LogP contribution in [0.1, 0.15) is 0 Å². The largest absolute Gasteiger partial charge is 0.495 e. The second kappa shape index (κ2) is 5.08. The highest BCUT2D eigenvalue weighted by molar-refractivity contribution is 6.44. The normalized spacial score (nSPS) is 9.64. The van der Waals surface area contributed by atoms with Crippen LogP contribution in [-0.2, 0) is 4.79 Å². The predicted molar refractivity (Wildman–Crippen MR) is 57.6 cm³/mol. The van der Waals surface area contributed by atoms with E-state index in [-0.39, 0.29) is 6.54 Å². The molecule has 0 saturated carbocycles. The van der Waals surface area contributed by atoms with Crippen molar-refractivity contribution in [3.63, 3.8) is 0 Å². The van der Waals surface area contributed by atoms with Crippen molar-refractivity contribution in [1.29, 1.82) is 0 Å². The highest BCUT2D eigenvalue weighted by Gasteiger charge is 2.09. The topological polar surface area (TPSA) is 38.3 Å². The van der Waals surface area contributed by atoms with Crippen LogP contribution in [0, 0.1) is 0 Å². The number of halogens is 2. The van der Waals surface area contributed by atoms with E-state index in [1.807, 2.05) is 0 Å². The molecule has 1 N–H and O–H groups in total. The molecule has 0 saturated heterocycles. The predicted octanol–water partition coefficient (Wildman–Crippen LogP) is 2.61. The Labute approximate surface area is 92.0 Å². The first-order chi connectivity index (χ1) is 6.70. The number of nitrogens with one attached hydrogen (secondary N) is 1. The van der Waals surface area contributed by atoms with E-state index in [4.69, 9.17) is 27.9 Å². The molecule has 1 rings (SSSR count). The van der Waals surface area contributed by atoms with Gasteiger partial charge in [-0.25, -0.2) is 0 Å². The summed E-state index contributed by atoms with van der Waals surface area (Å²) in [6.07, 6.45) is 0.745. The molecular weight excluding hydrogens is 225 g/mol. The fraction of sp³-hybridized carbons (Fsp3) is 0.222. The second-order valence-electron chi connectivity index (χ2n) is 2.49. The van der Waals surface area contributed by atoms with Crippen molar-refractivity contribution in [2.75, 3.05) is 19.0 Å². The van der Waals surface area contributed by atoms with Crippen molar-refractivity contribution in [1.82, 2.24) is 0 Å². The molecule has 0 aliphatic heterocycles. The lowest BCUT2D eigenvalue weighted by atomic mass is 10.3. The molecule has 5 heteroatoms. The zero-order valence-electron chi connectivity index (χ0n) is 7.51. The Bertz CT molecular complexity index is 342. The van der Waals surface area contributed by atoms with Crippen LogP contribution in [-0.4, -0.2) is 19.9 Å². The third-order valence-corrected chi connectivity index (χ3v) is 2.51. The summed E-state index contributed by atoms with van der Waals surface area (Å²) < 4.78 is 4.97. The minimum atomic E-state index is 0.197. The zero-order valence-corrected chi connectivity index (χ0v) is 9.02. The lowest BCUT2D eigenvalue weighted by Gasteiger charge is -2.09. The molecule has 0 fully saturated rings. The van der Waals surface area contributed by atoms with Gasteiger partial charge in [-0.05, 0) is 12.1 Å². The number of aldehydes is 1. The number of benzene rings is 1. The minimum absolute atomic E-state index is 0.197. The van der Waals surface area contributed by atoms with Gasteiger partial charge in [-0.1, -0.05) is 23.2 Å². The third kappa shape index (κ3) is 2.30. The van der Waals surface area contributed by atoms with Crippen LogP contribution < -0.4 is 10.1 Å². The van der Waals surface area contributed by atoms with Gasteiger partial charge in [0.1, 0.15) is 17.1 Å². The molecule has 14 heavy (non-hydrogen) atoms. The Balaban J connectivity index is 2.98. The van der Waals surface area contributed by atoms with E-state index in [0.29, 0.717) is 21.5 Å². The number of hydrogen-bond donors (Lipinski definition) is 1. The van der Waals surface area contributed by atoms with Gasteiger partial charge in [0.15, 0.2) is 0 Å². The van der Waals surface area contributed by atoms with E-state index in [2.05, 4.69) is 5.32 Å². The molecule has 0 heterocycles. The number of rotatable bonds is 4. The first-order valence-corrected chi connectivity index (χ1v) is 4.65. The Morgan fingerprint density at radius 1 is 1.43 bits per heavy atom. The quantitative estimate of drug-likeness (QED) is 0.813. The van der Waals surface area contributed by atoms with Crippen LogP contribution in [0.2, 0.25) is 10.0 Å². The number of carbonyl (C=O) groups is 1. The molecule has 0 spiro atoms. The van der Waals surface area contributed by atoms with Crippen LogP contribution in [0.3, 0.4) is 0 Å². The summed E-state index contributed by atoms with van der Waals surface area (Å²) in [5.74, 6) is 0.508. The van der Waals surface area contributed by atoms with Gasteiger partial charge in [0, 0.05) is 0 Å². The molecular formula is C9H9Cl2NO2. The van der Waals surface area contributed by atoms with Crippen LogP contribution in [0.5, 0.6) is 5.75 Å². The highest BCUT2D eigenvalue weighted by atomic mass is 35.5. The maximum atomic E-state index is 10.1. The molecule has 0 unspecified atom stereocenters. The lowest BCUT2D eigenvalue weighted by Crippen LogP contribution is -2.02. The number of anilines is 1. The second-order valence-corrected chi connectivity index (χ2v) is 3.25. The third-order valence-electron chi connectivity index (χ3n) is 1.64. The number of ether oxygens (including phenoxy) is 1. The fourth-order valence-electron chi connectivity index (χ4n) is 0.978. The summed E-state index contributed by atoms with van der Waals surface area (Å²) in [7, 11) is 1.51. The standard InChI is InChI=1S/C9H9Cl2NO2/c1-14-7-3-2-6(12-4-5-13)8(10)9(7)11/h2-3,5,12H,4H2,1H3. The molecule has 0 atom stereocenters. The van der Waals surface area contributed by atoms with E-state index in [1.54, 1.807) is 12.1 Å². The van der Waals surface area contributed by atoms with Gasteiger partial charge in [0.2, 0.25) is 0 Å². The highest BCUT2D eigenvalue weighted by Crippen LogP contribution is 2.37. The Hall–Kier alpha value is -0.930. The molecule has 0 aromatic heterocycles. The Morgan fingerprint density at radius 3 is 2.71 bits per heavy atom. The maximum Gasteiger partial charge on any atom is 0.139 e. The fourth-order valence-corrected chi connectivity index (χ4v) is 1.44. The molecule has 1 aromatic rings. The van der Waals surface area contributed by atoms with E-state index in [1.165, 1.54) is 7.11 Å². The van der Waals surface area contributed by atoms with Crippen molar-refractivity contribution in [2.24, 2.45) is 0 Å². The minimum Gasteiger partial charge on any atom is -0.495 e. The number of carbonyl (C=O) groups excluding carboxylic acids is 1. The van der Waals surface area contributed by atoms with Crippen molar-refractivity contribution >= 4 is 35.2 Å². The van der Waals surface area contributed by atoms with Crippen LogP contribution >= 0.6 is 23.2 Å². The van der Waals surface area contributed by atoms with Gasteiger partial charge in [-0.15, -0.1) is 0 Å². The first-order valence-electron chi connectivity index (χ1n) is 3.90. The summed E-state index contributed by atoms with van der Waals surface area (Å²) in [4.78, 5) is 10.1. The smallest absolute Gasteiger partial charge is 0.139 e. The molecule has 0 radical (unpaired) electrons. The van der Waals surface area contributed by atoms with E-state index in [0.717, 1.165) is 6.29 Å². The van der Waals surface area contributed by atoms with Gasteiger partial charge in [0.25, 0.3) is 0 Å². The number of hydrogen-bond acceptors (Lipinski definition) is 3. The number of methoxy groups -OCH3 is 1. The van der Waals surface area contributed by atoms with Crippen molar-refractivity contribution in [3.8, 4) is 5.75 Å². The Kier molecular flexibility index (Phi) is 4.04. The van der Waals surface area contributed by atoms with E-state index >= 15 is 0 Å². The molecule has 76 valence electrons. The lowest BCUT2D eigenvalue weighted by molar-refractivity contribution is -0.106. The molecule has 1 aromatic carbocycles. The van der Waals surface area contributed by atoms with Crippen molar-refractivity contribution in [3.05, 3.63) is 22.2 Å². The summed E-state index contributed by atoms with van der Waals surface area (Å²) in [6, 6.07) is 3.39. The first kappa shape index (κ1) is 11.1. The molecule has 0 aliphatic rings. The van der Waals surface area contributed by atoms with Crippen molar-refractivity contribution in [2.45, 2.75) is 0 Å². The Morgan fingerprint density at radius 2 is 2.14 bits per heavy atom. The van der Waals surface area contributed by atoms with Gasteiger partial charge < -0.3 is 14.8 Å². The van der Waals surface area contributed by atoms with Gasteiger partial charge in [0.05, 0.1) is 24.4 Å². The van der Waals surface area contributed by atoms with Crippen LogP contribution in [0.25, 0.3) is 0 Å².